The summed E-state index contributed by atoms with van der Waals surface area (Å²) in [5.74, 6) is -0.657. The minimum absolute atomic E-state index is 0.108. The molecule has 0 saturated carbocycles. The van der Waals surface area contributed by atoms with Crippen molar-refractivity contribution in [2.75, 3.05) is 17.2 Å². The highest BCUT2D eigenvalue weighted by atomic mass is 35.5. The summed E-state index contributed by atoms with van der Waals surface area (Å²) in [5, 5.41) is 2.70. The lowest BCUT2D eigenvalue weighted by Gasteiger charge is -2.34. The Morgan fingerprint density at radius 2 is 2.18 bits per heavy atom. The van der Waals surface area contributed by atoms with E-state index in [2.05, 4.69) is 5.32 Å². The molecule has 1 saturated heterocycles. The highest BCUT2D eigenvalue weighted by Gasteiger charge is 2.31. The van der Waals surface area contributed by atoms with Gasteiger partial charge in [0.25, 0.3) is 0 Å². The Morgan fingerprint density at radius 1 is 1.47 bits per heavy atom. The van der Waals surface area contributed by atoms with Crippen LogP contribution in [0.1, 0.15) is 6.92 Å². The van der Waals surface area contributed by atoms with Gasteiger partial charge in [-0.25, -0.2) is 0 Å². The van der Waals surface area contributed by atoms with Crippen LogP contribution >= 0.6 is 11.6 Å². The summed E-state index contributed by atoms with van der Waals surface area (Å²) in [6.07, 6.45) is 0. The van der Waals surface area contributed by atoms with Crippen LogP contribution in [0.25, 0.3) is 0 Å². The number of piperazine rings is 1. The second kappa shape index (κ2) is 4.25. The molecule has 90 valence electrons. The number of amides is 2. The number of nitrogens with two attached hydrogens (primary N) is 1. The molecule has 1 heterocycles. The molecule has 2 amide bonds. The molecule has 0 bridgehead atoms. The van der Waals surface area contributed by atoms with E-state index in [0.717, 1.165) is 0 Å². The summed E-state index contributed by atoms with van der Waals surface area (Å²) in [6, 6.07) is 4.56. The Balaban J connectivity index is 2.37. The van der Waals surface area contributed by atoms with E-state index in [1.54, 1.807) is 30.0 Å². The van der Waals surface area contributed by atoms with E-state index in [4.69, 9.17) is 17.3 Å². The van der Waals surface area contributed by atoms with Crippen LogP contribution in [0.2, 0.25) is 5.02 Å². The number of halogens is 1. The summed E-state index contributed by atoms with van der Waals surface area (Å²) in [6.45, 7) is 1.82. The Kier molecular flexibility index (Phi) is 2.93. The number of hydrogen-bond donors (Lipinski definition) is 2. The highest BCUT2D eigenvalue weighted by molar-refractivity contribution is 6.33. The van der Waals surface area contributed by atoms with Crippen molar-refractivity contribution in [2.24, 2.45) is 0 Å². The molecule has 2 rings (SSSR count). The van der Waals surface area contributed by atoms with Crippen LogP contribution in [0.5, 0.6) is 0 Å². The largest absolute Gasteiger partial charge is 0.399 e. The average Bonchev–Trinajstić information content (AvgIpc) is 2.24. The molecule has 0 aromatic heterocycles. The first kappa shape index (κ1) is 11.7. The van der Waals surface area contributed by atoms with Gasteiger partial charge in [0.15, 0.2) is 0 Å². The van der Waals surface area contributed by atoms with Crippen LogP contribution in [0, 0.1) is 0 Å². The summed E-state index contributed by atoms with van der Waals surface area (Å²) >= 11 is 6.06. The third kappa shape index (κ3) is 2.19. The zero-order valence-corrected chi connectivity index (χ0v) is 9.99. The van der Waals surface area contributed by atoms with E-state index >= 15 is 0 Å². The van der Waals surface area contributed by atoms with Crippen LogP contribution in [-0.2, 0) is 9.59 Å². The first-order valence-corrected chi connectivity index (χ1v) is 5.52. The van der Waals surface area contributed by atoms with Crippen molar-refractivity contribution < 1.29 is 9.59 Å². The summed E-state index contributed by atoms with van der Waals surface area (Å²) < 4.78 is 0. The van der Waals surface area contributed by atoms with E-state index in [1.165, 1.54) is 0 Å². The molecular weight excluding hydrogens is 242 g/mol. The quantitative estimate of drug-likeness (QED) is 0.573. The number of nitrogens with one attached hydrogen (secondary N) is 1. The monoisotopic (exact) mass is 253 g/mol. The molecule has 1 aliphatic heterocycles. The smallest absolute Gasteiger partial charge is 0.249 e. The fraction of sp³-hybridized carbons (Fsp3) is 0.273. The number of hydrogen-bond acceptors (Lipinski definition) is 4. The van der Waals surface area contributed by atoms with Crippen LogP contribution < -0.4 is 16.0 Å². The van der Waals surface area contributed by atoms with Gasteiger partial charge < -0.3 is 10.6 Å². The van der Waals surface area contributed by atoms with Crippen molar-refractivity contribution in [2.45, 2.75) is 13.0 Å². The predicted octanol–water partition coefficient (Wildman–Crippen LogP) is 0.774. The molecule has 17 heavy (non-hydrogen) atoms. The Morgan fingerprint density at radius 3 is 2.82 bits per heavy atom. The van der Waals surface area contributed by atoms with Gasteiger partial charge in [-0.15, -0.1) is 0 Å². The SMILES string of the molecule is CC1C(=O)NC(=O)CN1c1ccc(N)cc1Cl. The number of benzene rings is 1. The number of imide groups is 1. The third-order valence-corrected chi connectivity index (χ3v) is 3.01. The van der Waals surface area contributed by atoms with Gasteiger partial charge in [-0.1, -0.05) is 11.6 Å². The van der Waals surface area contributed by atoms with Gasteiger partial charge in [0.2, 0.25) is 11.8 Å². The molecule has 1 aliphatic rings. The van der Waals surface area contributed by atoms with Gasteiger partial charge in [-0.3, -0.25) is 14.9 Å². The second-order valence-corrected chi connectivity index (χ2v) is 4.33. The summed E-state index contributed by atoms with van der Waals surface area (Å²) in [4.78, 5) is 24.5. The number of rotatable bonds is 1. The number of anilines is 2. The topological polar surface area (TPSA) is 75.4 Å². The van der Waals surface area contributed by atoms with Gasteiger partial charge in [0.1, 0.15) is 6.04 Å². The predicted molar refractivity (Wildman–Crippen MR) is 65.8 cm³/mol. The Labute approximate surface area is 104 Å². The minimum Gasteiger partial charge on any atom is -0.399 e. The molecule has 5 nitrogen and oxygen atoms in total. The third-order valence-electron chi connectivity index (χ3n) is 2.70. The number of carbonyl (C=O) groups is 2. The van der Waals surface area contributed by atoms with Crippen LogP contribution in [0.4, 0.5) is 11.4 Å². The zero-order chi connectivity index (χ0) is 12.6. The normalized spacial score (nSPS) is 20.4. The molecule has 1 aromatic carbocycles. The van der Waals surface area contributed by atoms with Crippen LogP contribution in [0.3, 0.4) is 0 Å². The first-order chi connectivity index (χ1) is 7.99. The van der Waals surface area contributed by atoms with Gasteiger partial charge in [0.05, 0.1) is 17.3 Å². The first-order valence-electron chi connectivity index (χ1n) is 5.14. The molecule has 0 radical (unpaired) electrons. The standard InChI is InChI=1S/C11H12ClN3O2/c1-6-11(17)14-10(16)5-15(6)9-3-2-7(13)4-8(9)12/h2-4,6H,5,13H2,1H3,(H,14,16,17). The minimum atomic E-state index is -0.436. The second-order valence-electron chi connectivity index (χ2n) is 3.93. The van der Waals surface area contributed by atoms with E-state index in [0.29, 0.717) is 16.4 Å². The molecule has 1 fully saturated rings. The molecule has 0 spiro atoms. The van der Waals surface area contributed by atoms with E-state index in [-0.39, 0.29) is 18.4 Å². The molecule has 1 unspecified atom stereocenters. The fourth-order valence-corrected chi connectivity index (χ4v) is 2.06. The van der Waals surface area contributed by atoms with Gasteiger partial charge in [-0.05, 0) is 25.1 Å². The van der Waals surface area contributed by atoms with Crippen molar-refractivity contribution in [3.05, 3.63) is 23.2 Å². The van der Waals surface area contributed by atoms with E-state index in [1.807, 2.05) is 0 Å². The molecule has 6 heteroatoms. The van der Waals surface area contributed by atoms with Crippen molar-refractivity contribution >= 4 is 34.8 Å². The lowest BCUT2D eigenvalue weighted by molar-refractivity contribution is -0.132. The molecule has 3 N–H and O–H groups in total. The maximum absolute atomic E-state index is 11.5. The van der Waals surface area contributed by atoms with E-state index < -0.39 is 6.04 Å². The molecule has 0 aliphatic carbocycles. The van der Waals surface area contributed by atoms with Crippen molar-refractivity contribution in [3.8, 4) is 0 Å². The van der Waals surface area contributed by atoms with Gasteiger partial charge in [0, 0.05) is 5.69 Å². The van der Waals surface area contributed by atoms with Crippen molar-refractivity contribution in [1.29, 1.82) is 0 Å². The lowest BCUT2D eigenvalue weighted by atomic mass is 10.1. The Bertz CT molecular complexity index is 490. The Hall–Kier alpha value is -1.75. The van der Waals surface area contributed by atoms with E-state index in [9.17, 15) is 9.59 Å². The van der Waals surface area contributed by atoms with Crippen molar-refractivity contribution in [3.63, 3.8) is 0 Å². The van der Waals surface area contributed by atoms with Gasteiger partial charge in [-0.2, -0.15) is 0 Å². The summed E-state index contributed by atoms with van der Waals surface area (Å²) in [7, 11) is 0. The maximum atomic E-state index is 11.5. The highest BCUT2D eigenvalue weighted by Crippen LogP contribution is 2.29. The van der Waals surface area contributed by atoms with Crippen LogP contribution in [0.15, 0.2) is 18.2 Å². The van der Waals surface area contributed by atoms with Gasteiger partial charge >= 0.3 is 0 Å². The fourth-order valence-electron chi connectivity index (χ4n) is 1.76. The number of carbonyl (C=O) groups excluding carboxylic acids is 2. The van der Waals surface area contributed by atoms with Crippen molar-refractivity contribution in [1.82, 2.24) is 5.32 Å². The molecule has 1 atom stereocenters. The van der Waals surface area contributed by atoms with Crippen LogP contribution in [-0.4, -0.2) is 24.4 Å². The number of nitrogens with zero attached hydrogens (tertiary/aromatic N) is 1. The molecule has 1 aromatic rings. The zero-order valence-electron chi connectivity index (χ0n) is 9.24. The summed E-state index contributed by atoms with van der Waals surface area (Å²) in [5.41, 5.74) is 6.77. The average molecular weight is 254 g/mol. The molecular formula is C11H12ClN3O2. The maximum Gasteiger partial charge on any atom is 0.249 e. The lowest BCUT2D eigenvalue weighted by Crippen LogP contribution is -2.57. The number of nitrogen functional groups attached to an aromatic ring is 1.